The first-order valence-corrected chi connectivity index (χ1v) is 7.67. The van der Waals surface area contributed by atoms with Crippen LogP contribution in [-0.2, 0) is 11.2 Å². The second-order valence-electron chi connectivity index (χ2n) is 5.38. The summed E-state index contributed by atoms with van der Waals surface area (Å²) in [7, 11) is 0. The Kier molecular flexibility index (Phi) is 5.15. The molecule has 0 bridgehead atoms. The van der Waals surface area contributed by atoms with E-state index in [4.69, 9.17) is 5.73 Å². The summed E-state index contributed by atoms with van der Waals surface area (Å²) in [4.78, 5) is 23.5. The molecule has 2 rings (SSSR count). The van der Waals surface area contributed by atoms with Gasteiger partial charge in [0, 0.05) is 17.2 Å². The molecule has 4 nitrogen and oxygen atoms in total. The number of amides is 2. The van der Waals surface area contributed by atoms with Crippen LogP contribution in [-0.4, -0.2) is 11.8 Å². The third-order valence-corrected chi connectivity index (χ3v) is 3.87. The topological polar surface area (TPSA) is 72.2 Å². The maximum absolute atomic E-state index is 11.8. The fourth-order valence-electron chi connectivity index (χ4n) is 2.81. The van der Waals surface area contributed by atoms with Gasteiger partial charge in [0.2, 0.25) is 11.8 Å². The van der Waals surface area contributed by atoms with Gasteiger partial charge in [-0.05, 0) is 36.1 Å². The van der Waals surface area contributed by atoms with Crippen molar-refractivity contribution in [2.45, 2.75) is 39.0 Å². The number of hydrogen-bond donors (Lipinski definition) is 2. The van der Waals surface area contributed by atoms with Crippen LogP contribution in [0.25, 0.3) is 0 Å². The molecule has 0 radical (unpaired) electrons. The SMILES string of the molecule is CC/C=C/C=C/C(CC)c1c(C(N)=O)ccc2c1CC(=O)N2. The molecule has 22 heavy (non-hydrogen) atoms. The molecule has 0 fully saturated rings. The van der Waals surface area contributed by atoms with E-state index in [9.17, 15) is 9.59 Å². The Morgan fingerprint density at radius 1 is 1.36 bits per heavy atom. The number of nitrogens with one attached hydrogen (secondary N) is 1. The number of benzene rings is 1. The lowest BCUT2D eigenvalue weighted by Crippen LogP contribution is -2.16. The molecule has 0 spiro atoms. The summed E-state index contributed by atoms with van der Waals surface area (Å²) in [6.45, 7) is 4.14. The molecule has 1 heterocycles. The minimum absolute atomic E-state index is 0.0393. The molecule has 116 valence electrons. The van der Waals surface area contributed by atoms with Crippen LogP contribution < -0.4 is 11.1 Å². The van der Waals surface area contributed by atoms with Gasteiger partial charge in [-0.25, -0.2) is 0 Å². The lowest BCUT2D eigenvalue weighted by atomic mass is 9.86. The van der Waals surface area contributed by atoms with Gasteiger partial charge in [-0.3, -0.25) is 9.59 Å². The minimum atomic E-state index is -0.451. The van der Waals surface area contributed by atoms with Gasteiger partial charge in [-0.15, -0.1) is 0 Å². The molecule has 0 aliphatic carbocycles. The number of fused-ring (bicyclic) bond motifs is 1. The van der Waals surface area contributed by atoms with Crippen molar-refractivity contribution < 1.29 is 9.59 Å². The van der Waals surface area contributed by atoms with Crippen molar-refractivity contribution in [2.24, 2.45) is 5.73 Å². The summed E-state index contributed by atoms with van der Waals surface area (Å²) in [5.74, 6) is -0.428. The van der Waals surface area contributed by atoms with Crippen LogP contribution in [0.2, 0.25) is 0 Å². The van der Waals surface area contributed by atoms with E-state index in [0.717, 1.165) is 29.7 Å². The first-order valence-electron chi connectivity index (χ1n) is 7.67. The third kappa shape index (κ3) is 3.27. The van der Waals surface area contributed by atoms with Gasteiger partial charge in [0.15, 0.2) is 0 Å². The maximum atomic E-state index is 11.8. The fourth-order valence-corrected chi connectivity index (χ4v) is 2.81. The summed E-state index contributed by atoms with van der Waals surface area (Å²) < 4.78 is 0. The van der Waals surface area contributed by atoms with Crippen molar-refractivity contribution >= 4 is 17.5 Å². The predicted molar refractivity (Wildman–Crippen MR) is 88.9 cm³/mol. The highest BCUT2D eigenvalue weighted by atomic mass is 16.2. The van der Waals surface area contributed by atoms with Crippen LogP contribution in [0.5, 0.6) is 0 Å². The lowest BCUT2D eigenvalue weighted by molar-refractivity contribution is -0.115. The molecular formula is C18H22N2O2. The highest BCUT2D eigenvalue weighted by Gasteiger charge is 2.27. The monoisotopic (exact) mass is 298 g/mol. The van der Waals surface area contributed by atoms with Crippen LogP contribution in [0, 0.1) is 0 Å². The zero-order chi connectivity index (χ0) is 16.1. The van der Waals surface area contributed by atoms with Crippen molar-refractivity contribution in [1.29, 1.82) is 0 Å². The van der Waals surface area contributed by atoms with Crippen molar-refractivity contribution in [3.05, 3.63) is 53.1 Å². The Bertz CT molecular complexity index is 645. The van der Waals surface area contributed by atoms with Gasteiger partial charge in [0.1, 0.15) is 0 Å². The van der Waals surface area contributed by atoms with E-state index in [1.54, 1.807) is 12.1 Å². The summed E-state index contributed by atoms with van der Waals surface area (Å²) in [5, 5.41) is 2.83. The number of carbonyl (C=O) groups excluding carboxylic acids is 2. The number of nitrogens with two attached hydrogens (primary N) is 1. The molecule has 4 heteroatoms. The lowest BCUT2D eigenvalue weighted by Gasteiger charge is -2.18. The molecule has 1 aliphatic heterocycles. The number of hydrogen-bond acceptors (Lipinski definition) is 2. The van der Waals surface area contributed by atoms with Crippen molar-refractivity contribution in [3.8, 4) is 0 Å². The van der Waals surface area contributed by atoms with E-state index in [1.165, 1.54) is 0 Å². The third-order valence-electron chi connectivity index (χ3n) is 3.87. The summed E-state index contributed by atoms with van der Waals surface area (Å²) >= 11 is 0. The molecule has 2 amide bonds. The molecule has 1 aromatic carbocycles. The Morgan fingerprint density at radius 2 is 2.14 bits per heavy atom. The molecular weight excluding hydrogens is 276 g/mol. The molecule has 1 atom stereocenters. The van der Waals surface area contributed by atoms with E-state index in [1.807, 2.05) is 12.2 Å². The second kappa shape index (κ2) is 7.07. The van der Waals surface area contributed by atoms with E-state index >= 15 is 0 Å². The number of carbonyl (C=O) groups is 2. The van der Waals surface area contributed by atoms with Crippen LogP contribution >= 0.6 is 0 Å². The predicted octanol–water partition coefficient (Wildman–Crippen LogP) is 3.30. The highest BCUT2D eigenvalue weighted by molar-refractivity contribution is 6.03. The van der Waals surface area contributed by atoms with E-state index in [0.29, 0.717) is 12.0 Å². The van der Waals surface area contributed by atoms with Crippen molar-refractivity contribution in [2.75, 3.05) is 5.32 Å². The Hall–Kier alpha value is -2.36. The van der Waals surface area contributed by atoms with Gasteiger partial charge in [0.25, 0.3) is 0 Å². The van der Waals surface area contributed by atoms with Crippen LogP contribution in [0.3, 0.4) is 0 Å². The molecule has 3 N–H and O–H groups in total. The average molecular weight is 298 g/mol. The standard InChI is InChI=1S/C18H22N2O2/c1-3-5-6-7-8-12(4-2)17-13(18(19)22)9-10-15-14(17)11-16(21)20-15/h5-10,12H,3-4,11H2,1-2H3,(H2,19,22)(H,20,21)/b6-5+,8-7+. The molecule has 1 aliphatic rings. The smallest absolute Gasteiger partial charge is 0.249 e. The molecule has 0 aromatic heterocycles. The van der Waals surface area contributed by atoms with Gasteiger partial charge in [-0.2, -0.15) is 0 Å². The zero-order valence-corrected chi connectivity index (χ0v) is 13.1. The molecule has 1 unspecified atom stereocenters. The normalized spacial score (nSPS) is 15.3. The van der Waals surface area contributed by atoms with Crippen LogP contribution in [0.4, 0.5) is 5.69 Å². The van der Waals surface area contributed by atoms with E-state index in [-0.39, 0.29) is 11.8 Å². The molecule has 0 saturated carbocycles. The Balaban J connectivity index is 2.48. The van der Waals surface area contributed by atoms with Gasteiger partial charge in [-0.1, -0.05) is 38.2 Å². The average Bonchev–Trinajstić information content (AvgIpc) is 2.87. The van der Waals surface area contributed by atoms with Crippen LogP contribution in [0.1, 0.15) is 54.1 Å². The summed E-state index contributed by atoms with van der Waals surface area (Å²) in [5.41, 5.74) is 8.61. The quantitative estimate of drug-likeness (QED) is 0.791. The van der Waals surface area contributed by atoms with Gasteiger partial charge >= 0.3 is 0 Å². The first kappa shape index (κ1) is 16.0. The minimum Gasteiger partial charge on any atom is -0.366 e. The number of anilines is 1. The fraction of sp³-hybridized carbons (Fsp3) is 0.333. The number of primary amides is 1. The van der Waals surface area contributed by atoms with Gasteiger partial charge in [0.05, 0.1) is 6.42 Å². The largest absolute Gasteiger partial charge is 0.366 e. The first-order chi connectivity index (χ1) is 10.6. The molecule has 1 aromatic rings. The summed E-state index contributed by atoms with van der Waals surface area (Å²) in [6, 6.07) is 3.47. The van der Waals surface area contributed by atoms with Gasteiger partial charge < -0.3 is 11.1 Å². The Labute approximate surface area is 131 Å². The summed E-state index contributed by atoms with van der Waals surface area (Å²) in [6.07, 6.45) is 10.2. The second-order valence-corrected chi connectivity index (χ2v) is 5.38. The Morgan fingerprint density at radius 3 is 2.77 bits per heavy atom. The number of allylic oxidation sites excluding steroid dienone is 4. The van der Waals surface area contributed by atoms with Crippen LogP contribution in [0.15, 0.2) is 36.4 Å². The van der Waals surface area contributed by atoms with E-state index < -0.39 is 5.91 Å². The van der Waals surface area contributed by atoms with Crippen molar-refractivity contribution in [3.63, 3.8) is 0 Å². The molecule has 0 saturated heterocycles. The number of rotatable bonds is 6. The maximum Gasteiger partial charge on any atom is 0.249 e. The highest BCUT2D eigenvalue weighted by Crippen LogP contribution is 2.36. The van der Waals surface area contributed by atoms with Crippen molar-refractivity contribution in [1.82, 2.24) is 0 Å². The van der Waals surface area contributed by atoms with E-state index in [2.05, 4.69) is 31.3 Å². The zero-order valence-electron chi connectivity index (χ0n) is 13.1.